The standard InChI is InChI=1S/C9H9IO/c1-2-4-7-5-3-6-8(10)9(7)11/h2-3,5-6,11H,1,4H2. The summed E-state index contributed by atoms with van der Waals surface area (Å²) in [6.45, 7) is 3.61. The van der Waals surface area contributed by atoms with Crippen molar-refractivity contribution in [1.29, 1.82) is 0 Å². The number of aromatic hydroxyl groups is 1. The van der Waals surface area contributed by atoms with Crippen LogP contribution >= 0.6 is 22.6 Å². The molecule has 0 atom stereocenters. The summed E-state index contributed by atoms with van der Waals surface area (Å²) in [4.78, 5) is 0. The van der Waals surface area contributed by atoms with Gasteiger partial charge in [-0.3, -0.25) is 0 Å². The van der Waals surface area contributed by atoms with Crippen LogP contribution in [0.5, 0.6) is 5.75 Å². The maximum absolute atomic E-state index is 9.47. The van der Waals surface area contributed by atoms with Crippen LogP contribution in [-0.2, 0) is 6.42 Å². The van der Waals surface area contributed by atoms with Gasteiger partial charge in [-0.2, -0.15) is 0 Å². The van der Waals surface area contributed by atoms with Gasteiger partial charge in [0.15, 0.2) is 0 Å². The predicted molar refractivity (Wildman–Crippen MR) is 54.7 cm³/mol. The molecule has 0 unspecified atom stereocenters. The largest absolute Gasteiger partial charge is 0.507 e. The van der Waals surface area contributed by atoms with E-state index in [1.165, 1.54) is 0 Å². The molecule has 0 amide bonds. The number of para-hydroxylation sites is 1. The molecule has 1 aromatic rings. The summed E-state index contributed by atoms with van der Waals surface area (Å²) >= 11 is 2.11. The molecule has 0 aliphatic heterocycles. The molecule has 0 aliphatic carbocycles. The van der Waals surface area contributed by atoms with E-state index >= 15 is 0 Å². The molecule has 0 aromatic heterocycles. The molecule has 0 saturated heterocycles. The lowest BCUT2D eigenvalue weighted by molar-refractivity contribution is 0.466. The van der Waals surface area contributed by atoms with Crippen molar-refractivity contribution >= 4 is 22.6 Å². The Labute approximate surface area is 79.9 Å². The summed E-state index contributed by atoms with van der Waals surface area (Å²) in [5.41, 5.74) is 0.937. The zero-order valence-electron chi connectivity index (χ0n) is 6.05. The second kappa shape index (κ2) is 3.76. The first kappa shape index (κ1) is 8.59. The van der Waals surface area contributed by atoms with Crippen molar-refractivity contribution < 1.29 is 5.11 Å². The molecule has 0 radical (unpaired) electrons. The van der Waals surface area contributed by atoms with Gasteiger partial charge in [-0.05, 0) is 40.6 Å². The average Bonchev–Trinajstić information content (AvgIpc) is 1.99. The smallest absolute Gasteiger partial charge is 0.132 e. The molecule has 58 valence electrons. The van der Waals surface area contributed by atoms with E-state index in [2.05, 4.69) is 29.2 Å². The van der Waals surface area contributed by atoms with Crippen molar-refractivity contribution in [2.24, 2.45) is 0 Å². The summed E-state index contributed by atoms with van der Waals surface area (Å²) in [7, 11) is 0. The van der Waals surface area contributed by atoms with Crippen molar-refractivity contribution in [3.63, 3.8) is 0 Å². The molecule has 0 bridgehead atoms. The summed E-state index contributed by atoms with van der Waals surface area (Å²) in [6, 6.07) is 5.71. The molecule has 11 heavy (non-hydrogen) atoms. The first-order chi connectivity index (χ1) is 5.25. The van der Waals surface area contributed by atoms with Gasteiger partial charge in [-0.1, -0.05) is 18.2 Å². The third-order valence-electron chi connectivity index (χ3n) is 1.43. The molecule has 0 saturated carbocycles. The molecule has 0 heterocycles. The number of allylic oxidation sites excluding steroid dienone is 1. The van der Waals surface area contributed by atoms with Gasteiger partial charge in [0.25, 0.3) is 0 Å². The van der Waals surface area contributed by atoms with Crippen molar-refractivity contribution in [2.45, 2.75) is 6.42 Å². The fourth-order valence-corrected chi connectivity index (χ4v) is 1.43. The Bertz CT molecular complexity index is 268. The van der Waals surface area contributed by atoms with E-state index in [-0.39, 0.29) is 0 Å². The number of rotatable bonds is 2. The Morgan fingerprint density at radius 2 is 2.27 bits per heavy atom. The molecule has 1 rings (SSSR count). The van der Waals surface area contributed by atoms with Gasteiger partial charge in [0.1, 0.15) is 5.75 Å². The van der Waals surface area contributed by atoms with Crippen molar-refractivity contribution in [3.8, 4) is 5.75 Å². The van der Waals surface area contributed by atoms with Crippen LogP contribution in [0.2, 0.25) is 0 Å². The van der Waals surface area contributed by atoms with Crippen molar-refractivity contribution in [2.75, 3.05) is 0 Å². The van der Waals surface area contributed by atoms with Crippen LogP contribution in [0.1, 0.15) is 5.56 Å². The minimum atomic E-state index is 0.382. The second-order valence-electron chi connectivity index (χ2n) is 2.24. The molecule has 0 spiro atoms. The van der Waals surface area contributed by atoms with Gasteiger partial charge < -0.3 is 5.11 Å². The fourth-order valence-electron chi connectivity index (χ4n) is 0.880. The topological polar surface area (TPSA) is 20.2 Å². The van der Waals surface area contributed by atoms with Crippen LogP contribution in [0.25, 0.3) is 0 Å². The van der Waals surface area contributed by atoms with Gasteiger partial charge in [-0.25, -0.2) is 0 Å². The van der Waals surface area contributed by atoms with Crippen LogP contribution in [0.4, 0.5) is 0 Å². The number of phenolic OH excluding ortho intramolecular Hbond substituents is 1. The second-order valence-corrected chi connectivity index (χ2v) is 3.40. The highest BCUT2D eigenvalue weighted by molar-refractivity contribution is 14.1. The highest BCUT2D eigenvalue weighted by atomic mass is 127. The van der Waals surface area contributed by atoms with Gasteiger partial charge in [0.05, 0.1) is 3.57 Å². The number of halogens is 1. The van der Waals surface area contributed by atoms with E-state index in [1.54, 1.807) is 6.08 Å². The van der Waals surface area contributed by atoms with E-state index in [1.807, 2.05) is 18.2 Å². The zero-order chi connectivity index (χ0) is 8.27. The Morgan fingerprint density at radius 3 is 2.91 bits per heavy atom. The highest BCUT2D eigenvalue weighted by Gasteiger charge is 2.01. The van der Waals surface area contributed by atoms with Crippen molar-refractivity contribution in [3.05, 3.63) is 40.0 Å². The minimum absolute atomic E-state index is 0.382. The summed E-state index contributed by atoms with van der Waals surface area (Å²) in [6.07, 6.45) is 2.51. The number of phenols is 1. The van der Waals surface area contributed by atoms with E-state index in [4.69, 9.17) is 0 Å². The van der Waals surface area contributed by atoms with Gasteiger partial charge in [0, 0.05) is 0 Å². The molecule has 1 aromatic carbocycles. The minimum Gasteiger partial charge on any atom is -0.507 e. The van der Waals surface area contributed by atoms with E-state index in [0.717, 1.165) is 15.6 Å². The summed E-state index contributed by atoms with van der Waals surface area (Å²) in [5.74, 6) is 0.382. The molecule has 1 nitrogen and oxygen atoms in total. The molecule has 0 aliphatic rings. The Kier molecular flexibility index (Phi) is 2.93. The van der Waals surface area contributed by atoms with Crippen molar-refractivity contribution in [1.82, 2.24) is 0 Å². The van der Waals surface area contributed by atoms with Gasteiger partial charge in [0.2, 0.25) is 0 Å². The first-order valence-corrected chi connectivity index (χ1v) is 4.41. The SMILES string of the molecule is C=CCc1cccc(I)c1O. The average molecular weight is 260 g/mol. The van der Waals surface area contributed by atoms with Gasteiger partial charge in [-0.15, -0.1) is 6.58 Å². The summed E-state index contributed by atoms with van der Waals surface area (Å²) in [5, 5.41) is 9.47. The lowest BCUT2D eigenvalue weighted by atomic mass is 10.1. The van der Waals surface area contributed by atoms with Gasteiger partial charge >= 0.3 is 0 Å². The number of hydrogen-bond acceptors (Lipinski definition) is 1. The Balaban J connectivity index is 3.05. The molecule has 0 fully saturated rings. The van der Waals surface area contributed by atoms with E-state index < -0.39 is 0 Å². The van der Waals surface area contributed by atoms with E-state index in [0.29, 0.717) is 5.75 Å². The molecule has 1 N–H and O–H groups in total. The normalized spacial score (nSPS) is 9.55. The monoisotopic (exact) mass is 260 g/mol. The Hall–Kier alpha value is -0.510. The lowest BCUT2D eigenvalue weighted by Gasteiger charge is -2.01. The maximum atomic E-state index is 9.47. The lowest BCUT2D eigenvalue weighted by Crippen LogP contribution is -1.83. The highest BCUT2D eigenvalue weighted by Crippen LogP contribution is 2.24. The summed E-state index contributed by atoms with van der Waals surface area (Å²) < 4.78 is 0.891. The van der Waals surface area contributed by atoms with Crippen LogP contribution in [-0.4, -0.2) is 5.11 Å². The predicted octanol–water partition coefficient (Wildman–Crippen LogP) is 2.73. The Morgan fingerprint density at radius 1 is 1.55 bits per heavy atom. The fraction of sp³-hybridized carbons (Fsp3) is 0.111. The number of hydrogen-bond donors (Lipinski definition) is 1. The molecule has 2 heteroatoms. The van der Waals surface area contributed by atoms with Crippen LogP contribution in [0, 0.1) is 3.57 Å². The van der Waals surface area contributed by atoms with Crippen LogP contribution in [0.3, 0.4) is 0 Å². The maximum Gasteiger partial charge on any atom is 0.132 e. The van der Waals surface area contributed by atoms with Crippen LogP contribution < -0.4 is 0 Å². The number of benzene rings is 1. The van der Waals surface area contributed by atoms with E-state index in [9.17, 15) is 5.11 Å². The first-order valence-electron chi connectivity index (χ1n) is 3.33. The van der Waals surface area contributed by atoms with Crippen LogP contribution in [0.15, 0.2) is 30.9 Å². The molecular weight excluding hydrogens is 251 g/mol. The quantitative estimate of drug-likeness (QED) is 0.640. The molecular formula is C9H9IO. The third kappa shape index (κ3) is 1.96. The zero-order valence-corrected chi connectivity index (χ0v) is 8.21. The third-order valence-corrected chi connectivity index (χ3v) is 2.31.